The summed E-state index contributed by atoms with van der Waals surface area (Å²) in [6.07, 6.45) is 3.16. The van der Waals surface area contributed by atoms with Crippen LogP contribution in [0.1, 0.15) is 5.56 Å². The van der Waals surface area contributed by atoms with Crippen LogP contribution >= 0.6 is 11.3 Å². The summed E-state index contributed by atoms with van der Waals surface area (Å²) in [4.78, 5) is 9.78. The number of hydrogen-bond acceptors (Lipinski definition) is 7. The van der Waals surface area contributed by atoms with Crippen molar-refractivity contribution >= 4 is 33.6 Å². The molecule has 0 radical (unpaired) electrons. The van der Waals surface area contributed by atoms with E-state index in [1.54, 1.807) is 35.8 Å². The van der Waals surface area contributed by atoms with Crippen LogP contribution in [-0.4, -0.2) is 28.4 Å². The third-order valence-corrected chi connectivity index (χ3v) is 5.14. The number of methoxy groups -OCH3 is 1. The Morgan fingerprint density at radius 3 is 2.78 bits per heavy atom. The molecule has 0 fully saturated rings. The van der Waals surface area contributed by atoms with Crippen molar-refractivity contribution < 1.29 is 9.84 Å². The number of nitrogens with zero attached hydrogens (tertiary/aromatic N) is 3. The molecule has 6 nitrogen and oxygen atoms in total. The third kappa shape index (κ3) is 3.58. The molecule has 0 unspecified atom stereocenters. The number of aromatic hydroxyl groups is 1. The summed E-state index contributed by atoms with van der Waals surface area (Å²) in [7, 11) is 1.51. The number of phenols is 1. The van der Waals surface area contributed by atoms with Gasteiger partial charge in [0.15, 0.2) is 17.3 Å². The van der Waals surface area contributed by atoms with Gasteiger partial charge in [-0.3, -0.25) is 5.43 Å². The summed E-state index contributed by atoms with van der Waals surface area (Å²) in [5.41, 5.74) is 5.79. The van der Waals surface area contributed by atoms with E-state index in [9.17, 15) is 5.11 Å². The van der Waals surface area contributed by atoms with Gasteiger partial charge in [-0.2, -0.15) is 5.10 Å². The van der Waals surface area contributed by atoms with Crippen molar-refractivity contribution in [3.05, 3.63) is 66.5 Å². The van der Waals surface area contributed by atoms with E-state index in [2.05, 4.69) is 38.7 Å². The number of hydrogen-bond donors (Lipinski definition) is 2. The molecule has 0 bridgehead atoms. The molecule has 2 aromatic heterocycles. The van der Waals surface area contributed by atoms with Crippen LogP contribution in [0.25, 0.3) is 20.7 Å². The van der Waals surface area contributed by atoms with Gasteiger partial charge in [-0.1, -0.05) is 30.3 Å². The Hall–Kier alpha value is -3.45. The number of hydrazone groups is 1. The van der Waals surface area contributed by atoms with Crippen LogP contribution in [0.2, 0.25) is 0 Å². The fraction of sp³-hybridized carbons (Fsp3) is 0.0500. The Bertz CT molecular complexity index is 1110. The number of ether oxygens (including phenoxy) is 1. The molecule has 0 saturated heterocycles. The fourth-order valence-corrected chi connectivity index (χ4v) is 3.68. The minimum absolute atomic E-state index is 0.0899. The van der Waals surface area contributed by atoms with Gasteiger partial charge in [0.25, 0.3) is 0 Å². The molecule has 0 aliphatic rings. The maximum Gasteiger partial charge on any atom is 0.167 e. The highest BCUT2D eigenvalue weighted by molar-refractivity contribution is 7.22. The summed E-state index contributed by atoms with van der Waals surface area (Å²) < 4.78 is 6.04. The topological polar surface area (TPSA) is 79.6 Å². The van der Waals surface area contributed by atoms with Gasteiger partial charge in [0.2, 0.25) is 0 Å². The summed E-state index contributed by atoms with van der Waals surface area (Å²) in [6.45, 7) is 0. The van der Waals surface area contributed by atoms with Crippen molar-refractivity contribution in [1.82, 2.24) is 9.97 Å². The first-order chi connectivity index (χ1) is 13.2. The molecule has 27 heavy (non-hydrogen) atoms. The molecule has 2 heterocycles. The van der Waals surface area contributed by atoms with Gasteiger partial charge in [0.05, 0.1) is 23.5 Å². The van der Waals surface area contributed by atoms with Crippen molar-refractivity contribution in [2.24, 2.45) is 5.10 Å². The standard InChI is InChI=1S/C20H16N4O2S/c1-26-17-9-13(7-8-16(17)25)11-23-24-20-19-15(21-12-22-20)10-18(27-19)14-5-3-2-4-6-14/h2-12,25H,1H3,(H,21,22,24)/b23-11+. The number of rotatable bonds is 5. The predicted molar refractivity (Wildman–Crippen MR) is 109 cm³/mol. The Kier molecular flexibility index (Phi) is 4.67. The summed E-state index contributed by atoms with van der Waals surface area (Å²) >= 11 is 1.62. The van der Waals surface area contributed by atoms with Crippen LogP contribution in [0.4, 0.5) is 5.82 Å². The van der Waals surface area contributed by atoms with Gasteiger partial charge < -0.3 is 9.84 Å². The van der Waals surface area contributed by atoms with Crippen LogP contribution in [0.15, 0.2) is 66.0 Å². The summed E-state index contributed by atoms with van der Waals surface area (Å²) in [5, 5.41) is 13.9. The van der Waals surface area contributed by atoms with Crippen molar-refractivity contribution in [3.63, 3.8) is 0 Å². The van der Waals surface area contributed by atoms with E-state index >= 15 is 0 Å². The molecular weight excluding hydrogens is 360 g/mol. The molecular formula is C20H16N4O2S. The first-order valence-corrected chi connectivity index (χ1v) is 9.02. The van der Waals surface area contributed by atoms with E-state index in [0.717, 1.165) is 26.2 Å². The Morgan fingerprint density at radius 1 is 1.11 bits per heavy atom. The average Bonchev–Trinajstić information content (AvgIpc) is 3.15. The lowest BCUT2D eigenvalue weighted by atomic mass is 10.2. The van der Waals surface area contributed by atoms with E-state index < -0.39 is 0 Å². The normalized spacial score (nSPS) is 11.1. The summed E-state index contributed by atoms with van der Waals surface area (Å²) in [5.74, 6) is 1.13. The maximum atomic E-state index is 9.65. The first kappa shape index (κ1) is 17.0. The molecule has 0 atom stereocenters. The SMILES string of the molecule is COc1cc(/C=N/Nc2ncnc3cc(-c4ccccc4)sc23)ccc1O. The Balaban J connectivity index is 1.60. The molecule has 0 aliphatic carbocycles. The van der Waals surface area contributed by atoms with Crippen molar-refractivity contribution in [2.75, 3.05) is 12.5 Å². The lowest BCUT2D eigenvalue weighted by molar-refractivity contribution is 0.373. The largest absolute Gasteiger partial charge is 0.504 e. The molecule has 4 rings (SSSR count). The molecule has 4 aromatic rings. The highest BCUT2D eigenvalue weighted by Crippen LogP contribution is 2.35. The highest BCUT2D eigenvalue weighted by Gasteiger charge is 2.09. The predicted octanol–water partition coefficient (Wildman–Crippen LogP) is 4.52. The van der Waals surface area contributed by atoms with E-state index in [-0.39, 0.29) is 5.75 Å². The van der Waals surface area contributed by atoms with E-state index in [4.69, 9.17) is 4.74 Å². The van der Waals surface area contributed by atoms with Crippen molar-refractivity contribution in [3.8, 4) is 21.9 Å². The average molecular weight is 376 g/mol. The smallest absolute Gasteiger partial charge is 0.167 e. The van der Waals surface area contributed by atoms with Gasteiger partial charge in [-0.25, -0.2) is 9.97 Å². The molecule has 2 N–H and O–H groups in total. The molecule has 0 aliphatic heterocycles. The van der Waals surface area contributed by atoms with Crippen LogP contribution in [0, 0.1) is 0 Å². The number of nitrogens with one attached hydrogen (secondary N) is 1. The van der Waals surface area contributed by atoms with Crippen molar-refractivity contribution in [1.29, 1.82) is 0 Å². The molecule has 7 heteroatoms. The summed E-state index contributed by atoms with van der Waals surface area (Å²) in [6, 6.07) is 17.2. The number of thiophene rings is 1. The molecule has 0 amide bonds. The number of aromatic nitrogens is 2. The van der Waals surface area contributed by atoms with E-state index in [1.165, 1.54) is 13.4 Å². The Labute approximate surface area is 159 Å². The quantitative estimate of drug-likeness (QED) is 0.395. The monoisotopic (exact) mass is 376 g/mol. The highest BCUT2D eigenvalue weighted by atomic mass is 32.1. The molecule has 0 saturated carbocycles. The van der Waals surface area contributed by atoms with Gasteiger partial charge in [0, 0.05) is 4.88 Å². The second-order valence-corrected chi connectivity index (χ2v) is 6.77. The van der Waals surface area contributed by atoms with Gasteiger partial charge in [-0.05, 0) is 35.4 Å². The van der Waals surface area contributed by atoms with Crippen LogP contribution < -0.4 is 10.2 Å². The number of benzene rings is 2. The lowest BCUT2D eigenvalue weighted by Crippen LogP contribution is -1.94. The zero-order valence-corrected chi connectivity index (χ0v) is 15.3. The van der Waals surface area contributed by atoms with Crippen molar-refractivity contribution in [2.45, 2.75) is 0 Å². The van der Waals surface area contributed by atoms with E-state index in [1.807, 2.05) is 18.2 Å². The number of anilines is 1. The molecule has 0 spiro atoms. The second-order valence-electron chi connectivity index (χ2n) is 5.71. The number of fused-ring (bicyclic) bond motifs is 1. The number of phenolic OH excluding ortho intramolecular Hbond substituents is 1. The van der Waals surface area contributed by atoms with Gasteiger partial charge in [0.1, 0.15) is 6.33 Å². The third-order valence-electron chi connectivity index (χ3n) is 3.96. The second kappa shape index (κ2) is 7.43. The van der Waals surface area contributed by atoms with Gasteiger partial charge >= 0.3 is 0 Å². The zero-order valence-electron chi connectivity index (χ0n) is 14.5. The lowest BCUT2D eigenvalue weighted by Gasteiger charge is -2.03. The first-order valence-electron chi connectivity index (χ1n) is 8.20. The minimum Gasteiger partial charge on any atom is -0.504 e. The Morgan fingerprint density at radius 2 is 1.96 bits per heavy atom. The van der Waals surface area contributed by atoms with Crippen LogP contribution in [0.3, 0.4) is 0 Å². The molecule has 134 valence electrons. The van der Waals surface area contributed by atoms with Crippen LogP contribution in [0.5, 0.6) is 11.5 Å². The molecule has 2 aromatic carbocycles. The van der Waals surface area contributed by atoms with E-state index in [0.29, 0.717) is 11.6 Å². The zero-order chi connectivity index (χ0) is 18.6. The minimum atomic E-state index is 0.0899. The van der Waals surface area contributed by atoms with Crippen LogP contribution in [-0.2, 0) is 0 Å². The fourth-order valence-electron chi connectivity index (χ4n) is 2.62. The van der Waals surface area contributed by atoms with Gasteiger partial charge in [-0.15, -0.1) is 11.3 Å². The maximum absolute atomic E-state index is 9.65.